The topological polar surface area (TPSA) is 69.6 Å². The van der Waals surface area contributed by atoms with E-state index in [1.807, 2.05) is 69.4 Å². The normalized spacial score (nSPS) is 16.7. The second-order valence-corrected chi connectivity index (χ2v) is 7.33. The SMILES string of the molecule is Cc1cccc(C)c1NC(=O)[C@@H]1CCCCN1C.O=C(O)C=Cc1ccccc1. The number of anilines is 1. The average molecular weight is 395 g/mol. The average Bonchev–Trinajstić information content (AvgIpc) is 2.71. The number of carbonyl (C=O) groups excluding carboxylic acids is 1. The smallest absolute Gasteiger partial charge is 0.328 e. The fourth-order valence-corrected chi connectivity index (χ4v) is 3.36. The van der Waals surface area contributed by atoms with E-state index in [-0.39, 0.29) is 11.9 Å². The molecule has 5 nitrogen and oxygen atoms in total. The first-order valence-corrected chi connectivity index (χ1v) is 9.92. The number of rotatable bonds is 4. The van der Waals surface area contributed by atoms with Crippen molar-refractivity contribution in [3.8, 4) is 0 Å². The van der Waals surface area contributed by atoms with E-state index >= 15 is 0 Å². The van der Waals surface area contributed by atoms with E-state index < -0.39 is 5.97 Å². The molecule has 1 heterocycles. The molecule has 1 fully saturated rings. The first kappa shape index (κ1) is 22.4. The highest BCUT2D eigenvalue weighted by Crippen LogP contribution is 2.22. The highest BCUT2D eigenvalue weighted by atomic mass is 16.4. The van der Waals surface area contributed by atoms with Crippen LogP contribution in [-0.4, -0.2) is 41.5 Å². The summed E-state index contributed by atoms with van der Waals surface area (Å²) in [5, 5.41) is 11.4. The fraction of sp³-hybridized carbons (Fsp3) is 0.333. The lowest BCUT2D eigenvalue weighted by Crippen LogP contribution is -2.44. The zero-order valence-corrected chi connectivity index (χ0v) is 17.4. The van der Waals surface area contributed by atoms with Crippen LogP contribution in [0.4, 0.5) is 5.69 Å². The third-order valence-electron chi connectivity index (χ3n) is 5.02. The quantitative estimate of drug-likeness (QED) is 0.749. The summed E-state index contributed by atoms with van der Waals surface area (Å²) in [6, 6.07) is 15.4. The van der Waals surface area contributed by atoms with Gasteiger partial charge in [-0.3, -0.25) is 9.69 Å². The molecule has 0 unspecified atom stereocenters. The lowest BCUT2D eigenvalue weighted by molar-refractivity contribution is -0.131. The minimum Gasteiger partial charge on any atom is -0.478 e. The van der Waals surface area contributed by atoms with Gasteiger partial charge in [0.05, 0.1) is 6.04 Å². The third kappa shape index (κ3) is 7.20. The number of likely N-dealkylation sites (tertiary alicyclic amines) is 1. The summed E-state index contributed by atoms with van der Waals surface area (Å²) in [6.45, 7) is 5.09. The van der Waals surface area contributed by atoms with Crippen LogP contribution in [0.5, 0.6) is 0 Å². The fourth-order valence-electron chi connectivity index (χ4n) is 3.36. The Labute approximate surface area is 173 Å². The summed E-state index contributed by atoms with van der Waals surface area (Å²) in [4.78, 5) is 24.6. The second-order valence-electron chi connectivity index (χ2n) is 7.33. The third-order valence-corrected chi connectivity index (χ3v) is 5.02. The maximum Gasteiger partial charge on any atom is 0.328 e. The van der Waals surface area contributed by atoms with Crippen molar-refractivity contribution >= 4 is 23.6 Å². The predicted octanol–water partition coefficient (Wildman–Crippen LogP) is 4.51. The van der Waals surface area contributed by atoms with Gasteiger partial charge in [-0.2, -0.15) is 0 Å². The molecule has 0 saturated carbocycles. The van der Waals surface area contributed by atoms with Crippen molar-refractivity contribution in [2.75, 3.05) is 18.9 Å². The van der Waals surface area contributed by atoms with Crippen molar-refractivity contribution in [1.29, 1.82) is 0 Å². The number of hydrogen-bond acceptors (Lipinski definition) is 3. The molecule has 1 saturated heterocycles. The Bertz CT molecular complexity index is 826. The van der Waals surface area contributed by atoms with Gasteiger partial charge in [-0.05, 0) is 63.0 Å². The molecule has 0 spiro atoms. The van der Waals surface area contributed by atoms with Gasteiger partial charge in [0.1, 0.15) is 0 Å². The van der Waals surface area contributed by atoms with E-state index in [0.29, 0.717) is 0 Å². The Hall–Kier alpha value is -2.92. The number of carbonyl (C=O) groups is 2. The standard InChI is InChI=1S/C15H22N2O.C9H8O2/c1-11-7-6-8-12(2)14(11)16-15(18)13-9-4-5-10-17(13)3;10-9(11)7-6-8-4-2-1-3-5-8/h6-8,13H,4-5,9-10H2,1-3H3,(H,16,18);1-7H,(H,10,11)/t13-;/m0./s1. The van der Waals surface area contributed by atoms with Gasteiger partial charge in [0.2, 0.25) is 5.91 Å². The summed E-state index contributed by atoms with van der Waals surface area (Å²) < 4.78 is 0. The molecular weight excluding hydrogens is 364 g/mol. The molecule has 0 aromatic heterocycles. The molecule has 2 N–H and O–H groups in total. The van der Waals surface area contributed by atoms with Crippen LogP contribution < -0.4 is 5.32 Å². The number of benzene rings is 2. The van der Waals surface area contributed by atoms with E-state index in [0.717, 1.165) is 47.8 Å². The van der Waals surface area contributed by atoms with E-state index in [2.05, 4.69) is 10.2 Å². The monoisotopic (exact) mass is 394 g/mol. The Morgan fingerprint density at radius 2 is 1.69 bits per heavy atom. The molecule has 0 aliphatic carbocycles. The minimum absolute atomic E-state index is 0.0257. The van der Waals surface area contributed by atoms with Crippen molar-refractivity contribution in [2.24, 2.45) is 0 Å². The molecule has 154 valence electrons. The van der Waals surface area contributed by atoms with Crippen LogP contribution in [0, 0.1) is 13.8 Å². The number of nitrogens with zero attached hydrogens (tertiary/aromatic N) is 1. The zero-order chi connectivity index (χ0) is 21.2. The summed E-state index contributed by atoms with van der Waals surface area (Å²) in [7, 11) is 2.04. The number of aliphatic carboxylic acids is 1. The Kier molecular flexibility index (Phi) is 8.62. The number of hydrogen-bond donors (Lipinski definition) is 2. The van der Waals surface area contributed by atoms with Gasteiger partial charge in [-0.1, -0.05) is 55.0 Å². The van der Waals surface area contributed by atoms with Crippen molar-refractivity contribution in [2.45, 2.75) is 39.2 Å². The predicted molar refractivity (Wildman–Crippen MR) is 118 cm³/mol. The molecule has 1 aliphatic rings. The highest BCUT2D eigenvalue weighted by molar-refractivity contribution is 5.96. The molecule has 1 aliphatic heterocycles. The van der Waals surface area contributed by atoms with Crippen LogP contribution in [0.1, 0.15) is 36.0 Å². The number of amides is 1. The van der Waals surface area contributed by atoms with Crippen LogP contribution >= 0.6 is 0 Å². The molecule has 2 aromatic rings. The number of aryl methyl sites for hydroxylation is 2. The van der Waals surface area contributed by atoms with Gasteiger partial charge >= 0.3 is 5.97 Å². The lowest BCUT2D eigenvalue weighted by atomic mass is 10.0. The molecule has 5 heteroatoms. The van der Waals surface area contributed by atoms with E-state index in [9.17, 15) is 9.59 Å². The van der Waals surface area contributed by atoms with Gasteiger partial charge in [0.15, 0.2) is 0 Å². The first-order chi connectivity index (χ1) is 13.9. The van der Waals surface area contributed by atoms with Gasteiger partial charge < -0.3 is 10.4 Å². The largest absolute Gasteiger partial charge is 0.478 e. The molecule has 0 radical (unpaired) electrons. The highest BCUT2D eigenvalue weighted by Gasteiger charge is 2.26. The van der Waals surface area contributed by atoms with Gasteiger partial charge in [-0.15, -0.1) is 0 Å². The number of nitrogens with one attached hydrogen (secondary N) is 1. The summed E-state index contributed by atoms with van der Waals surface area (Å²) in [5.41, 5.74) is 4.12. The van der Waals surface area contributed by atoms with Crippen molar-refractivity contribution in [3.05, 3.63) is 71.3 Å². The second kappa shape index (κ2) is 11.2. The Morgan fingerprint density at radius 3 is 2.28 bits per heavy atom. The maximum absolute atomic E-state index is 12.3. The Balaban J connectivity index is 0.000000234. The number of para-hydroxylation sites is 1. The van der Waals surface area contributed by atoms with Gasteiger partial charge in [-0.25, -0.2) is 4.79 Å². The van der Waals surface area contributed by atoms with Crippen LogP contribution in [0.3, 0.4) is 0 Å². The molecule has 29 heavy (non-hydrogen) atoms. The number of piperidine rings is 1. The van der Waals surface area contributed by atoms with Crippen LogP contribution in [0.2, 0.25) is 0 Å². The minimum atomic E-state index is -0.922. The number of likely N-dealkylation sites (N-methyl/N-ethyl adjacent to an activating group) is 1. The van der Waals surface area contributed by atoms with Crippen LogP contribution in [-0.2, 0) is 9.59 Å². The van der Waals surface area contributed by atoms with Gasteiger partial charge in [0.25, 0.3) is 0 Å². The van der Waals surface area contributed by atoms with Crippen LogP contribution in [0.15, 0.2) is 54.6 Å². The molecule has 1 atom stereocenters. The van der Waals surface area contributed by atoms with Crippen LogP contribution in [0.25, 0.3) is 6.08 Å². The van der Waals surface area contributed by atoms with Crippen molar-refractivity contribution < 1.29 is 14.7 Å². The maximum atomic E-state index is 12.3. The van der Waals surface area contributed by atoms with E-state index in [1.165, 1.54) is 6.42 Å². The molecule has 2 aromatic carbocycles. The molecular formula is C24H30N2O3. The van der Waals surface area contributed by atoms with E-state index in [1.54, 1.807) is 6.08 Å². The lowest BCUT2D eigenvalue weighted by Gasteiger charge is -2.31. The molecule has 0 bridgehead atoms. The summed E-state index contributed by atoms with van der Waals surface area (Å²) in [6.07, 6.45) is 5.99. The van der Waals surface area contributed by atoms with Gasteiger partial charge in [0, 0.05) is 11.8 Å². The Morgan fingerprint density at radius 1 is 1.03 bits per heavy atom. The zero-order valence-electron chi connectivity index (χ0n) is 17.4. The first-order valence-electron chi connectivity index (χ1n) is 9.92. The summed E-state index contributed by atoms with van der Waals surface area (Å²) >= 11 is 0. The number of carboxylic acids is 1. The number of carboxylic acid groups (broad SMARTS) is 1. The molecule has 3 rings (SSSR count). The van der Waals surface area contributed by atoms with Crippen molar-refractivity contribution in [1.82, 2.24) is 4.90 Å². The summed E-state index contributed by atoms with van der Waals surface area (Å²) in [5.74, 6) is -0.788. The van der Waals surface area contributed by atoms with E-state index in [4.69, 9.17) is 5.11 Å². The van der Waals surface area contributed by atoms with Crippen molar-refractivity contribution in [3.63, 3.8) is 0 Å². The molecule has 1 amide bonds.